The number of fused-ring (bicyclic) bond motifs is 1. The minimum atomic E-state index is -4.32. The summed E-state index contributed by atoms with van der Waals surface area (Å²) in [6.07, 6.45) is -0.897. The van der Waals surface area contributed by atoms with Crippen LogP contribution < -0.4 is 10.6 Å². The first-order valence-corrected chi connectivity index (χ1v) is 8.47. The van der Waals surface area contributed by atoms with Gasteiger partial charge in [-0.2, -0.15) is 8.42 Å². The molecule has 0 aliphatic carbocycles. The molecule has 3 rings (SSSR count). The largest absolute Gasteiger partial charge is 0.325 e. The van der Waals surface area contributed by atoms with Crippen LogP contribution in [0, 0.1) is 0 Å². The van der Waals surface area contributed by atoms with E-state index in [0.717, 1.165) is 0 Å². The maximum Gasteiger partial charge on any atom is 0.295 e. The maximum atomic E-state index is 13.1. The van der Waals surface area contributed by atoms with E-state index in [1.807, 2.05) is 0 Å². The number of halogens is 2. The van der Waals surface area contributed by atoms with Gasteiger partial charge in [-0.3, -0.25) is 9.35 Å². The fraction of sp³-hybridized carbons (Fsp3) is 0.267. The summed E-state index contributed by atoms with van der Waals surface area (Å²) in [4.78, 5) is 11.9. The molecule has 0 unspecified atom stereocenters. The number of carbonyl (C=O) groups excluding carboxylic acids is 1. The van der Waals surface area contributed by atoms with E-state index in [0.29, 0.717) is 16.5 Å². The van der Waals surface area contributed by atoms with Gasteiger partial charge in [0, 0.05) is 24.0 Å². The second kappa shape index (κ2) is 7.02. The van der Waals surface area contributed by atoms with E-state index in [-0.39, 0.29) is 36.2 Å². The molecule has 1 aliphatic rings. The van der Waals surface area contributed by atoms with Gasteiger partial charge in [-0.25, -0.2) is 4.39 Å². The fourth-order valence-electron chi connectivity index (χ4n) is 2.68. The lowest BCUT2D eigenvalue weighted by atomic mass is 10.1. The molecule has 0 bridgehead atoms. The molecule has 1 amide bonds. The van der Waals surface area contributed by atoms with Crippen molar-refractivity contribution in [3.8, 4) is 0 Å². The molecule has 2 aromatic carbocycles. The van der Waals surface area contributed by atoms with Crippen LogP contribution in [0.2, 0.25) is 0 Å². The number of hydrogen-bond donors (Lipinski definition) is 3. The maximum absolute atomic E-state index is 13.1. The third-order valence-corrected chi connectivity index (χ3v) is 4.69. The summed E-state index contributed by atoms with van der Waals surface area (Å²) in [5.74, 6) is -0.338. The summed E-state index contributed by atoms with van der Waals surface area (Å²) in [6, 6.07) is 8.55. The van der Waals surface area contributed by atoms with Gasteiger partial charge in [0.25, 0.3) is 10.1 Å². The molecular weight excluding hydrogens is 359 g/mol. The standard InChI is InChI=1S/C15H15FN2O4S.ClH/c16-10-7-13(17-8-10)15(19)18-11-4-5-12-9(6-11)2-1-3-14(12)23(20,21)22;/h1-6,10,13,17H,7-8H2,(H,18,19)(H,20,21,22);1H/t10-,13+;/m1./s1. The first-order valence-electron chi connectivity index (χ1n) is 7.03. The summed E-state index contributed by atoms with van der Waals surface area (Å²) in [7, 11) is -4.32. The minimum absolute atomic E-state index is 0. The fourth-order valence-corrected chi connectivity index (χ4v) is 3.39. The van der Waals surface area contributed by atoms with Crippen LogP contribution in [0.3, 0.4) is 0 Å². The summed E-state index contributed by atoms with van der Waals surface area (Å²) in [5, 5.41) is 6.38. The highest BCUT2D eigenvalue weighted by Gasteiger charge is 2.29. The molecule has 9 heteroatoms. The monoisotopic (exact) mass is 374 g/mol. The van der Waals surface area contributed by atoms with Crippen molar-refractivity contribution >= 4 is 44.9 Å². The van der Waals surface area contributed by atoms with Crippen LogP contribution in [-0.4, -0.2) is 37.6 Å². The summed E-state index contributed by atoms with van der Waals surface area (Å²) in [6.45, 7) is 0.160. The second-order valence-corrected chi connectivity index (χ2v) is 6.84. The smallest absolute Gasteiger partial charge is 0.295 e. The molecule has 1 fully saturated rings. The number of nitrogens with one attached hydrogen (secondary N) is 2. The molecule has 1 heterocycles. The van der Waals surface area contributed by atoms with Crippen LogP contribution in [0.1, 0.15) is 6.42 Å². The average molecular weight is 375 g/mol. The molecule has 0 radical (unpaired) electrons. The number of amides is 1. The quantitative estimate of drug-likeness (QED) is 0.715. The van der Waals surface area contributed by atoms with Gasteiger partial charge in [0.1, 0.15) is 11.1 Å². The first-order chi connectivity index (χ1) is 10.8. The van der Waals surface area contributed by atoms with Gasteiger partial charge >= 0.3 is 0 Å². The molecular formula is C15H16ClFN2O4S. The topological polar surface area (TPSA) is 95.5 Å². The lowest BCUT2D eigenvalue weighted by Crippen LogP contribution is -2.35. The van der Waals surface area contributed by atoms with Gasteiger partial charge < -0.3 is 10.6 Å². The normalized spacial score (nSPS) is 20.6. The Morgan fingerprint density at radius 2 is 2.04 bits per heavy atom. The minimum Gasteiger partial charge on any atom is -0.325 e. The molecule has 0 aromatic heterocycles. The zero-order chi connectivity index (χ0) is 16.6. The number of hydrogen-bond acceptors (Lipinski definition) is 4. The predicted molar refractivity (Wildman–Crippen MR) is 90.9 cm³/mol. The van der Waals surface area contributed by atoms with Crippen LogP contribution in [0.4, 0.5) is 10.1 Å². The van der Waals surface area contributed by atoms with E-state index >= 15 is 0 Å². The van der Waals surface area contributed by atoms with Crippen molar-refractivity contribution in [2.75, 3.05) is 11.9 Å². The molecule has 1 saturated heterocycles. The van der Waals surface area contributed by atoms with Crippen LogP contribution in [0.25, 0.3) is 10.8 Å². The SMILES string of the molecule is Cl.O=C(Nc1ccc2c(S(=O)(=O)O)cccc2c1)[C@@H]1C[C@@H](F)CN1. The van der Waals surface area contributed by atoms with Gasteiger partial charge in [-0.15, -0.1) is 12.4 Å². The number of anilines is 1. The highest BCUT2D eigenvalue weighted by Crippen LogP contribution is 2.26. The van der Waals surface area contributed by atoms with E-state index in [1.54, 1.807) is 12.1 Å². The zero-order valence-corrected chi connectivity index (χ0v) is 14.0. The van der Waals surface area contributed by atoms with Gasteiger partial charge in [0.15, 0.2) is 0 Å². The highest BCUT2D eigenvalue weighted by molar-refractivity contribution is 7.86. The Morgan fingerprint density at radius 3 is 2.67 bits per heavy atom. The molecule has 0 saturated carbocycles. The number of benzene rings is 2. The number of carbonyl (C=O) groups is 1. The second-order valence-electron chi connectivity index (χ2n) is 5.45. The first kappa shape index (κ1) is 18.6. The average Bonchev–Trinajstić information content (AvgIpc) is 2.92. The molecule has 2 atom stereocenters. The number of alkyl halides is 1. The Kier molecular flexibility index (Phi) is 5.44. The van der Waals surface area contributed by atoms with Crippen molar-refractivity contribution in [1.82, 2.24) is 5.32 Å². The van der Waals surface area contributed by atoms with Crippen molar-refractivity contribution in [3.63, 3.8) is 0 Å². The van der Waals surface area contributed by atoms with Crippen molar-refractivity contribution in [1.29, 1.82) is 0 Å². The predicted octanol–water partition coefficient (Wildman–Crippen LogP) is 2.15. The van der Waals surface area contributed by atoms with E-state index in [4.69, 9.17) is 0 Å². The van der Waals surface area contributed by atoms with Crippen LogP contribution in [0.15, 0.2) is 41.3 Å². The lowest BCUT2D eigenvalue weighted by molar-refractivity contribution is -0.117. The van der Waals surface area contributed by atoms with Gasteiger partial charge in [-0.05, 0) is 23.6 Å². The van der Waals surface area contributed by atoms with E-state index in [9.17, 15) is 22.2 Å². The van der Waals surface area contributed by atoms with Crippen LogP contribution in [-0.2, 0) is 14.9 Å². The molecule has 3 N–H and O–H groups in total. The van der Waals surface area contributed by atoms with Gasteiger partial charge in [0.2, 0.25) is 5.91 Å². The van der Waals surface area contributed by atoms with Crippen LogP contribution >= 0.6 is 12.4 Å². The molecule has 1 aliphatic heterocycles. The Labute approximate surface area is 144 Å². The van der Waals surface area contributed by atoms with Crippen molar-refractivity contribution in [2.45, 2.75) is 23.5 Å². The summed E-state index contributed by atoms with van der Waals surface area (Å²) in [5.41, 5.74) is 0.471. The van der Waals surface area contributed by atoms with Crippen molar-refractivity contribution in [3.05, 3.63) is 36.4 Å². The Bertz CT molecular complexity index is 875. The Balaban J connectivity index is 0.00000208. The van der Waals surface area contributed by atoms with Gasteiger partial charge in [0.05, 0.1) is 6.04 Å². The van der Waals surface area contributed by atoms with Gasteiger partial charge in [-0.1, -0.05) is 18.2 Å². The number of rotatable bonds is 3. The molecule has 24 heavy (non-hydrogen) atoms. The summed E-state index contributed by atoms with van der Waals surface area (Å²) >= 11 is 0. The lowest BCUT2D eigenvalue weighted by Gasteiger charge is -2.12. The highest BCUT2D eigenvalue weighted by atomic mass is 35.5. The molecule has 6 nitrogen and oxygen atoms in total. The van der Waals surface area contributed by atoms with E-state index in [1.165, 1.54) is 24.3 Å². The Hall–Kier alpha value is -1.74. The molecule has 130 valence electrons. The zero-order valence-electron chi connectivity index (χ0n) is 12.4. The molecule has 0 spiro atoms. The Morgan fingerprint density at radius 1 is 1.29 bits per heavy atom. The van der Waals surface area contributed by atoms with E-state index in [2.05, 4.69) is 10.6 Å². The molecule has 2 aromatic rings. The van der Waals surface area contributed by atoms with Crippen molar-refractivity contribution < 1.29 is 22.2 Å². The third-order valence-electron chi connectivity index (χ3n) is 3.78. The summed E-state index contributed by atoms with van der Waals surface area (Å²) < 4.78 is 45.1. The van der Waals surface area contributed by atoms with Crippen LogP contribution in [0.5, 0.6) is 0 Å². The third kappa shape index (κ3) is 3.84. The van der Waals surface area contributed by atoms with Crippen molar-refractivity contribution in [2.24, 2.45) is 0 Å². The van der Waals surface area contributed by atoms with E-state index < -0.39 is 22.3 Å².